The van der Waals surface area contributed by atoms with Crippen molar-refractivity contribution in [3.8, 4) is 11.3 Å². The Hall–Kier alpha value is -3.13. The Morgan fingerprint density at radius 2 is 2.09 bits per heavy atom. The number of amides is 1. The van der Waals surface area contributed by atoms with Crippen LogP contribution in [0.3, 0.4) is 0 Å². The van der Waals surface area contributed by atoms with Crippen LogP contribution >= 0.6 is 0 Å². The Labute approximate surface area is 188 Å². The summed E-state index contributed by atoms with van der Waals surface area (Å²) in [5.74, 6) is 0.544. The van der Waals surface area contributed by atoms with E-state index < -0.39 is 0 Å². The average molecular weight is 435 g/mol. The Morgan fingerprint density at radius 1 is 1.25 bits per heavy atom. The first-order valence-electron chi connectivity index (χ1n) is 11.3. The van der Waals surface area contributed by atoms with Crippen molar-refractivity contribution in [3.63, 3.8) is 0 Å². The Kier molecular flexibility index (Phi) is 5.46. The van der Waals surface area contributed by atoms with Crippen LogP contribution in [0.4, 0.5) is 5.69 Å². The number of hydrogen-bond donors (Lipinski definition) is 3. The topological polar surface area (TPSA) is 97.3 Å². The maximum Gasteiger partial charge on any atom is 0.219 e. The molecule has 1 fully saturated rings. The molecule has 0 unspecified atom stereocenters. The largest absolute Gasteiger partial charge is 0.381 e. The molecular weight excluding hydrogens is 404 g/mol. The zero-order valence-corrected chi connectivity index (χ0v) is 18.7. The lowest BCUT2D eigenvalue weighted by molar-refractivity contribution is -0.128. The molecule has 8 heteroatoms. The van der Waals surface area contributed by atoms with E-state index in [0.29, 0.717) is 38.2 Å². The molecule has 32 heavy (non-hydrogen) atoms. The quantitative estimate of drug-likeness (QED) is 0.508. The molecule has 5 rings (SSSR count). The second kappa shape index (κ2) is 8.43. The number of rotatable bonds is 4. The third-order valence-electron chi connectivity index (χ3n) is 6.56. The number of fused-ring (bicyclic) bond motifs is 1. The van der Waals surface area contributed by atoms with Crippen LogP contribution in [-0.4, -0.2) is 65.7 Å². The summed E-state index contributed by atoms with van der Waals surface area (Å²) in [4.78, 5) is 16.0. The van der Waals surface area contributed by atoms with Crippen LogP contribution in [0.1, 0.15) is 31.0 Å². The number of carbonyl (C=O) groups excluding carboxylic acids is 1. The van der Waals surface area contributed by atoms with E-state index in [0.717, 1.165) is 59.7 Å². The number of carbonyl (C=O) groups is 1. The van der Waals surface area contributed by atoms with Crippen LogP contribution in [0.25, 0.3) is 11.3 Å². The molecule has 0 bridgehead atoms. The molecule has 0 spiro atoms. The third kappa shape index (κ3) is 3.90. The van der Waals surface area contributed by atoms with Crippen molar-refractivity contribution in [2.45, 2.75) is 39.2 Å². The summed E-state index contributed by atoms with van der Waals surface area (Å²) in [6.45, 7) is 6.96. The van der Waals surface area contributed by atoms with Gasteiger partial charge in [-0.25, -0.2) is 0 Å². The number of benzene rings is 1. The van der Waals surface area contributed by atoms with Gasteiger partial charge in [0.05, 0.1) is 31.5 Å². The zero-order chi connectivity index (χ0) is 22.2. The van der Waals surface area contributed by atoms with Gasteiger partial charge in [0, 0.05) is 54.6 Å². The van der Waals surface area contributed by atoms with Crippen molar-refractivity contribution in [3.05, 3.63) is 46.8 Å². The van der Waals surface area contributed by atoms with E-state index in [4.69, 9.17) is 10.1 Å². The summed E-state index contributed by atoms with van der Waals surface area (Å²) in [7, 11) is 0. The number of hydrogen-bond acceptors (Lipinski definition) is 5. The highest BCUT2D eigenvalue weighted by molar-refractivity contribution is 6.09. The highest BCUT2D eigenvalue weighted by atomic mass is 16.5. The molecule has 0 radical (unpaired) electrons. The summed E-state index contributed by atoms with van der Waals surface area (Å²) in [6, 6.07) is 8.75. The molecule has 3 aliphatic heterocycles. The zero-order valence-electron chi connectivity index (χ0n) is 18.7. The molecule has 3 aliphatic rings. The first-order valence-corrected chi connectivity index (χ1v) is 11.3. The molecule has 168 valence electrons. The molecule has 1 saturated heterocycles. The predicted octanol–water partition coefficient (Wildman–Crippen LogP) is 2.61. The second-order valence-electron chi connectivity index (χ2n) is 8.91. The fourth-order valence-corrected chi connectivity index (χ4v) is 4.69. The number of aryl methyl sites for hydroxylation is 2. The first-order chi connectivity index (χ1) is 15.5. The first kappa shape index (κ1) is 20.8. The smallest absolute Gasteiger partial charge is 0.219 e. The van der Waals surface area contributed by atoms with Gasteiger partial charge in [-0.05, 0) is 43.5 Å². The number of aromatic amines is 1. The lowest BCUT2D eigenvalue weighted by Gasteiger charge is -2.38. The number of amidine groups is 1. The maximum atomic E-state index is 12.1. The number of nitrogens with zero attached hydrogens (tertiary/aromatic N) is 3. The molecular formula is C24H30N6O2. The van der Waals surface area contributed by atoms with E-state index in [9.17, 15) is 4.79 Å². The molecule has 1 amide bonds. The number of anilines is 1. The molecule has 4 heterocycles. The molecule has 1 aromatic heterocycles. The number of nitrogens with one attached hydrogen (secondary N) is 3. The normalized spacial score (nSPS) is 18.9. The molecule has 8 nitrogen and oxygen atoms in total. The van der Waals surface area contributed by atoms with Crippen LogP contribution in [0.5, 0.6) is 0 Å². The summed E-state index contributed by atoms with van der Waals surface area (Å²) in [6.07, 6.45) is 2.72. The van der Waals surface area contributed by atoms with E-state index in [1.165, 1.54) is 5.56 Å². The minimum absolute atomic E-state index is 0.0549. The van der Waals surface area contributed by atoms with Gasteiger partial charge in [0.2, 0.25) is 5.91 Å². The van der Waals surface area contributed by atoms with Crippen LogP contribution in [0.2, 0.25) is 0 Å². The van der Waals surface area contributed by atoms with E-state index >= 15 is 0 Å². The fourth-order valence-electron chi connectivity index (χ4n) is 4.69. The molecule has 2 aromatic rings. The Balaban J connectivity index is 1.45. The van der Waals surface area contributed by atoms with Crippen molar-refractivity contribution >= 4 is 17.4 Å². The number of ether oxygens (including phenoxy) is 1. The van der Waals surface area contributed by atoms with Gasteiger partial charge < -0.3 is 19.9 Å². The fraction of sp³-hybridized carbons (Fsp3) is 0.458. The monoisotopic (exact) mass is 434 g/mol. The Bertz CT molecular complexity index is 1080. The number of aromatic nitrogens is 2. The summed E-state index contributed by atoms with van der Waals surface area (Å²) in [5.41, 5.74) is 7.39. The van der Waals surface area contributed by atoms with Gasteiger partial charge >= 0.3 is 0 Å². The van der Waals surface area contributed by atoms with Crippen LogP contribution in [-0.2, 0) is 16.0 Å². The molecule has 0 aliphatic carbocycles. The van der Waals surface area contributed by atoms with E-state index in [2.05, 4.69) is 44.7 Å². The van der Waals surface area contributed by atoms with Crippen molar-refractivity contribution in [1.82, 2.24) is 20.4 Å². The van der Waals surface area contributed by atoms with E-state index in [1.807, 2.05) is 11.8 Å². The number of H-pyrrole nitrogens is 1. The molecule has 1 aromatic carbocycles. The van der Waals surface area contributed by atoms with Crippen LogP contribution < -0.4 is 10.2 Å². The van der Waals surface area contributed by atoms with Gasteiger partial charge in [0.15, 0.2) is 0 Å². The lowest BCUT2D eigenvalue weighted by Crippen LogP contribution is -2.50. The standard InChI is InChI=1S/C24H30N6O2/c1-15-10-22(28-27-15)17-5-6-23-18(11-17)4-3-8-30(23)24(25)20-12-29(16(2)31)9-7-21(20)26-19-13-32-14-19/h5-6,10-11,19,25-26H,3-4,7-9,12-14H2,1-2H3,(H,27,28). The average Bonchev–Trinajstić information content (AvgIpc) is 3.21. The van der Waals surface area contributed by atoms with E-state index in [-0.39, 0.29) is 5.91 Å². The SMILES string of the molecule is CC(=O)N1CCC(NC2COC2)=C(C(=N)N2CCCc3cc(-c4cc(C)[nH]n4)ccc32)C1. The van der Waals surface area contributed by atoms with Gasteiger partial charge in [0.1, 0.15) is 5.84 Å². The van der Waals surface area contributed by atoms with Gasteiger partial charge in [-0.2, -0.15) is 5.10 Å². The van der Waals surface area contributed by atoms with Gasteiger partial charge in [0.25, 0.3) is 0 Å². The second-order valence-corrected chi connectivity index (χ2v) is 8.91. The van der Waals surface area contributed by atoms with Crippen molar-refractivity contribution < 1.29 is 9.53 Å². The van der Waals surface area contributed by atoms with E-state index in [1.54, 1.807) is 6.92 Å². The molecule has 0 atom stereocenters. The van der Waals surface area contributed by atoms with Crippen LogP contribution in [0, 0.1) is 12.3 Å². The summed E-state index contributed by atoms with van der Waals surface area (Å²) >= 11 is 0. The predicted molar refractivity (Wildman–Crippen MR) is 124 cm³/mol. The third-order valence-corrected chi connectivity index (χ3v) is 6.56. The summed E-state index contributed by atoms with van der Waals surface area (Å²) < 4.78 is 5.32. The van der Waals surface area contributed by atoms with Crippen molar-refractivity contribution in [1.29, 1.82) is 5.41 Å². The van der Waals surface area contributed by atoms with Gasteiger partial charge in [-0.3, -0.25) is 15.3 Å². The van der Waals surface area contributed by atoms with Gasteiger partial charge in [-0.15, -0.1) is 0 Å². The molecule has 0 saturated carbocycles. The maximum absolute atomic E-state index is 12.1. The highest BCUT2D eigenvalue weighted by Crippen LogP contribution is 2.33. The highest BCUT2D eigenvalue weighted by Gasteiger charge is 2.31. The lowest BCUT2D eigenvalue weighted by atomic mass is 9.96. The minimum atomic E-state index is 0.0549. The minimum Gasteiger partial charge on any atom is -0.381 e. The Morgan fingerprint density at radius 3 is 2.78 bits per heavy atom. The van der Waals surface area contributed by atoms with Crippen LogP contribution in [0.15, 0.2) is 35.5 Å². The summed E-state index contributed by atoms with van der Waals surface area (Å²) in [5, 5.41) is 20.1. The van der Waals surface area contributed by atoms with Crippen molar-refractivity contribution in [2.24, 2.45) is 0 Å². The van der Waals surface area contributed by atoms with Gasteiger partial charge in [-0.1, -0.05) is 6.07 Å². The molecule has 3 N–H and O–H groups in total. The van der Waals surface area contributed by atoms with Crippen molar-refractivity contribution in [2.75, 3.05) is 37.7 Å².